The number of benzene rings is 2. The maximum Gasteiger partial charge on any atom is 0.255 e. The molecule has 0 atom stereocenters. The van der Waals surface area contributed by atoms with Crippen LogP contribution in [0.4, 0.5) is 5.69 Å². The Balaban J connectivity index is 1.40. The Labute approximate surface area is 191 Å². The van der Waals surface area contributed by atoms with Gasteiger partial charge < -0.3 is 5.32 Å². The first-order valence-electron chi connectivity index (χ1n) is 10.2. The van der Waals surface area contributed by atoms with Crippen molar-refractivity contribution >= 4 is 44.5 Å². The Hall–Kier alpha value is -2.16. The van der Waals surface area contributed by atoms with Gasteiger partial charge in [0.15, 0.2) is 9.84 Å². The molecule has 31 heavy (non-hydrogen) atoms. The van der Waals surface area contributed by atoms with Crippen LogP contribution in [0, 0.1) is 6.92 Å². The van der Waals surface area contributed by atoms with Crippen molar-refractivity contribution in [3.63, 3.8) is 0 Å². The van der Waals surface area contributed by atoms with E-state index in [0.717, 1.165) is 34.2 Å². The highest BCUT2D eigenvalue weighted by atomic mass is 32.2. The first kappa shape index (κ1) is 22.0. The van der Waals surface area contributed by atoms with Gasteiger partial charge in [-0.15, -0.1) is 11.3 Å². The molecule has 8 heteroatoms. The van der Waals surface area contributed by atoms with Crippen molar-refractivity contribution in [2.24, 2.45) is 0 Å². The van der Waals surface area contributed by atoms with Gasteiger partial charge in [0.2, 0.25) is 0 Å². The molecule has 2 aromatic carbocycles. The quantitative estimate of drug-likeness (QED) is 0.446. The molecule has 1 heterocycles. The van der Waals surface area contributed by atoms with Crippen LogP contribution in [-0.2, 0) is 15.6 Å². The Kier molecular flexibility index (Phi) is 6.79. The summed E-state index contributed by atoms with van der Waals surface area (Å²) in [4.78, 5) is 17.4. The SMILES string of the molecule is Cc1csc(SCc2ccc(C(=O)Nc3cccc(S(=O)(=O)C4CCCC4)c3)cc2)n1. The highest BCUT2D eigenvalue weighted by molar-refractivity contribution is 8.00. The van der Waals surface area contributed by atoms with Gasteiger partial charge in [-0.25, -0.2) is 13.4 Å². The number of anilines is 1. The topological polar surface area (TPSA) is 76.1 Å². The van der Waals surface area contributed by atoms with E-state index < -0.39 is 9.84 Å². The summed E-state index contributed by atoms with van der Waals surface area (Å²) in [6, 6.07) is 14.0. The van der Waals surface area contributed by atoms with Crippen LogP contribution in [0.2, 0.25) is 0 Å². The fourth-order valence-corrected chi connectivity index (χ4v) is 7.34. The van der Waals surface area contributed by atoms with Crippen LogP contribution in [0.3, 0.4) is 0 Å². The van der Waals surface area contributed by atoms with E-state index in [9.17, 15) is 13.2 Å². The van der Waals surface area contributed by atoms with Crippen LogP contribution in [0.25, 0.3) is 0 Å². The number of hydrogen-bond donors (Lipinski definition) is 1. The molecular weight excluding hydrogens is 448 g/mol. The molecule has 0 bridgehead atoms. The number of aromatic nitrogens is 1. The lowest BCUT2D eigenvalue weighted by Crippen LogP contribution is -2.18. The molecule has 0 saturated heterocycles. The third-order valence-corrected chi connectivity index (χ3v) is 9.81. The van der Waals surface area contributed by atoms with Crippen LogP contribution < -0.4 is 5.32 Å². The number of sulfone groups is 1. The predicted molar refractivity (Wildman–Crippen MR) is 127 cm³/mol. The molecule has 1 amide bonds. The van der Waals surface area contributed by atoms with Gasteiger partial charge in [0.1, 0.15) is 4.34 Å². The third-order valence-electron chi connectivity index (χ3n) is 5.34. The number of aryl methyl sites for hydroxylation is 1. The first-order chi connectivity index (χ1) is 14.9. The van der Waals surface area contributed by atoms with E-state index in [0.29, 0.717) is 24.1 Å². The number of hydrogen-bond acceptors (Lipinski definition) is 6. The standard InChI is InChI=1S/C23H24N2O3S3/c1-16-14-29-23(24-16)30-15-17-9-11-18(12-10-17)22(26)25-19-5-4-8-21(13-19)31(27,28)20-6-2-3-7-20/h4-5,8-14,20H,2-3,6-7,15H2,1H3,(H,25,26). The summed E-state index contributed by atoms with van der Waals surface area (Å²) in [5.41, 5.74) is 3.16. The minimum Gasteiger partial charge on any atom is -0.322 e. The number of rotatable bonds is 7. The smallest absolute Gasteiger partial charge is 0.255 e. The molecule has 0 spiro atoms. The summed E-state index contributed by atoms with van der Waals surface area (Å²) in [6.45, 7) is 1.98. The first-order valence-corrected chi connectivity index (χ1v) is 13.6. The van der Waals surface area contributed by atoms with Crippen molar-refractivity contribution in [3.05, 3.63) is 70.7 Å². The Morgan fingerprint density at radius 2 is 1.90 bits per heavy atom. The van der Waals surface area contributed by atoms with Gasteiger partial charge in [-0.1, -0.05) is 42.8 Å². The fraction of sp³-hybridized carbons (Fsp3) is 0.304. The Morgan fingerprint density at radius 3 is 2.58 bits per heavy atom. The second-order valence-corrected chi connectivity index (χ2v) is 12.0. The van der Waals surface area contributed by atoms with Gasteiger partial charge >= 0.3 is 0 Å². The Bertz CT molecular complexity index is 1160. The second kappa shape index (κ2) is 9.54. The summed E-state index contributed by atoms with van der Waals surface area (Å²) >= 11 is 3.31. The maximum atomic E-state index is 12.8. The number of nitrogens with zero attached hydrogens (tertiary/aromatic N) is 1. The second-order valence-electron chi connectivity index (χ2n) is 7.67. The van der Waals surface area contributed by atoms with Crippen LogP contribution in [0.5, 0.6) is 0 Å². The summed E-state index contributed by atoms with van der Waals surface area (Å²) < 4.78 is 26.7. The zero-order valence-corrected chi connectivity index (χ0v) is 19.7. The largest absolute Gasteiger partial charge is 0.322 e. The van der Waals surface area contributed by atoms with E-state index in [2.05, 4.69) is 10.3 Å². The fourth-order valence-electron chi connectivity index (χ4n) is 3.64. The van der Waals surface area contributed by atoms with E-state index in [1.165, 1.54) is 0 Å². The molecular formula is C23H24N2O3S3. The molecule has 162 valence electrons. The number of nitrogens with one attached hydrogen (secondary N) is 1. The molecule has 1 N–H and O–H groups in total. The molecule has 0 aliphatic heterocycles. The molecule has 1 aromatic heterocycles. The van der Waals surface area contributed by atoms with Gasteiger partial charge in [-0.2, -0.15) is 0 Å². The maximum absolute atomic E-state index is 12.8. The molecule has 1 saturated carbocycles. The van der Waals surface area contributed by atoms with Gasteiger partial charge in [0.05, 0.1) is 10.1 Å². The highest BCUT2D eigenvalue weighted by Gasteiger charge is 2.30. The van der Waals surface area contributed by atoms with E-state index in [1.54, 1.807) is 59.5 Å². The molecule has 0 radical (unpaired) electrons. The van der Waals surface area contributed by atoms with Crippen molar-refractivity contribution < 1.29 is 13.2 Å². The lowest BCUT2D eigenvalue weighted by atomic mass is 10.1. The molecule has 1 fully saturated rings. The molecule has 3 aromatic rings. The minimum atomic E-state index is -3.35. The third kappa shape index (κ3) is 5.37. The van der Waals surface area contributed by atoms with Crippen molar-refractivity contribution in [3.8, 4) is 0 Å². The monoisotopic (exact) mass is 472 g/mol. The number of thiazole rings is 1. The minimum absolute atomic E-state index is 0.259. The lowest BCUT2D eigenvalue weighted by molar-refractivity contribution is 0.102. The number of amides is 1. The van der Waals surface area contributed by atoms with Crippen molar-refractivity contribution in [2.75, 3.05) is 5.32 Å². The molecule has 1 aliphatic carbocycles. The van der Waals surface area contributed by atoms with E-state index >= 15 is 0 Å². The van der Waals surface area contributed by atoms with Crippen molar-refractivity contribution in [1.29, 1.82) is 0 Å². The summed E-state index contributed by atoms with van der Waals surface area (Å²) in [7, 11) is -3.35. The van der Waals surface area contributed by atoms with Crippen LogP contribution in [0.15, 0.2) is 63.1 Å². The van der Waals surface area contributed by atoms with E-state index in [4.69, 9.17) is 0 Å². The Morgan fingerprint density at radius 1 is 1.16 bits per heavy atom. The molecule has 4 rings (SSSR count). The lowest BCUT2D eigenvalue weighted by Gasteiger charge is -2.13. The van der Waals surface area contributed by atoms with Gasteiger partial charge in [-0.05, 0) is 55.7 Å². The summed E-state index contributed by atoms with van der Waals surface area (Å²) in [6.07, 6.45) is 3.34. The van der Waals surface area contributed by atoms with Crippen LogP contribution >= 0.6 is 23.1 Å². The average Bonchev–Trinajstić information content (AvgIpc) is 3.45. The zero-order chi connectivity index (χ0) is 21.8. The summed E-state index contributed by atoms with van der Waals surface area (Å²) in [5, 5.41) is 4.55. The average molecular weight is 473 g/mol. The van der Waals surface area contributed by atoms with Crippen LogP contribution in [0.1, 0.15) is 47.3 Å². The number of carbonyl (C=O) groups is 1. The zero-order valence-electron chi connectivity index (χ0n) is 17.2. The molecule has 1 aliphatic rings. The van der Waals surface area contributed by atoms with Gasteiger partial charge in [0.25, 0.3) is 5.91 Å². The van der Waals surface area contributed by atoms with E-state index in [-0.39, 0.29) is 16.1 Å². The van der Waals surface area contributed by atoms with Crippen LogP contribution in [-0.4, -0.2) is 24.6 Å². The van der Waals surface area contributed by atoms with Crippen molar-refractivity contribution in [2.45, 2.75) is 52.8 Å². The van der Waals surface area contributed by atoms with E-state index in [1.807, 2.05) is 24.4 Å². The summed E-state index contributed by atoms with van der Waals surface area (Å²) in [5.74, 6) is 0.529. The number of thioether (sulfide) groups is 1. The normalized spacial score (nSPS) is 14.6. The van der Waals surface area contributed by atoms with Gasteiger partial charge in [0, 0.05) is 28.1 Å². The molecule has 0 unspecified atom stereocenters. The van der Waals surface area contributed by atoms with Crippen molar-refractivity contribution in [1.82, 2.24) is 4.98 Å². The predicted octanol–water partition coefficient (Wildman–Crippen LogP) is 5.71. The highest BCUT2D eigenvalue weighted by Crippen LogP contribution is 2.30. The van der Waals surface area contributed by atoms with Gasteiger partial charge in [-0.3, -0.25) is 4.79 Å². The molecule has 5 nitrogen and oxygen atoms in total. The number of carbonyl (C=O) groups excluding carboxylic acids is 1.